The van der Waals surface area contributed by atoms with E-state index in [1.54, 1.807) is 5.32 Å². The second-order valence-electron chi connectivity index (χ2n) is 5.22. The Labute approximate surface area is 140 Å². The van der Waals surface area contributed by atoms with E-state index in [9.17, 15) is 36.5 Å². The minimum Gasteiger partial charge on any atom is -0.381 e. The Bertz CT molecular complexity index is 864. The quantitative estimate of drug-likeness (QED) is 0.482. The Hall–Kier alpha value is -2.63. The summed E-state index contributed by atoms with van der Waals surface area (Å²) in [6, 6.07) is 2.93. The SMILES string of the molecule is CN1Cc2cc([N+](=O)[O-])ccc2S(=O)(=O)/C(=C/NCC(F)(F)F)C1=O. The largest absolute Gasteiger partial charge is 0.405 e. The molecule has 0 saturated carbocycles. The number of hydrogen-bond donors (Lipinski definition) is 1. The summed E-state index contributed by atoms with van der Waals surface area (Å²) in [5.74, 6) is -1.02. The molecule has 0 saturated heterocycles. The van der Waals surface area contributed by atoms with E-state index in [-0.39, 0.29) is 22.7 Å². The highest BCUT2D eigenvalue weighted by Crippen LogP contribution is 2.31. The number of nitrogens with zero attached hydrogens (tertiary/aromatic N) is 2. The number of likely N-dealkylation sites (N-methyl/N-ethyl adjacent to an activating group) is 1. The van der Waals surface area contributed by atoms with Gasteiger partial charge in [-0.1, -0.05) is 0 Å². The number of fused-ring (bicyclic) bond motifs is 1. The Morgan fingerprint density at radius 2 is 2.04 bits per heavy atom. The zero-order valence-electron chi connectivity index (χ0n) is 12.7. The van der Waals surface area contributed by atoms with Crippen LogP contribution in [0.1, 0.15) is 5.56 Å². The molecule has 8 nitrogen and oxygen atoms in total. The number of carbonyl (C=O) groups is 1. The first-order chi connectivity index (χ1) is 11.4. The van der Waals surface area contributed by atoms with Gasteiger partial charge in [-0.05, 0) is 11.6 Å². The number of nitro benzene ring substituents is 1. The van der Waals surface area contributed by atoms with E-state index in [1.807, 2.05) is 0 Å². The lowest BCUT2D eigenvalue weighted by molar-refractivity contribution is -0.385. The van der Waals surface area contributed by atoms with Gasteiger partial charge in [0.1, 0.15) is 6.54 Å². The monoisotopic (exact) mass is 379 g/mol. The summed E-state index contributed by atoms with van der Waals surface area (Å²) in [7, 11) is -3.20. The van der Waals surface area contributed by atoms with Crippen molar-refractivity contribution in [3.63, 3.8) is 0 Å². The molecule has 136 valence electrons. The first kappa shape index (κ1) is 18.7. The molecule has 1 aromatic rings. The van der Waals surface area contributed by atoms with E-state index < -0.39 is 38.3 Å². The molecule has 25 heavy (non-hydrogen) atoms. The van der Waals surface area contributed by atoms with Crippen LogP contribution in [0.2, 0.25) is 0 Å². The predicted octanol–water partition coefficient (Wildman–Crippen LogP) is 1.33. The zero-order valence-corrected chi connectivity index (χ0v) is 13.5. The highest BCUT2D eigenvalue weighted by atomic mass is 32.2. The van der Waals surface area contributed by atoms with Gasteiger partial charge in [0.15, 0.2) is 4.91 Å². The van der Waals surface area contributed by atoms with Crippen LogP contribution in [0.4, 0.5) is 18.9 Å². The van der Waals surface area contributed by atoms with Crippen molar-refractivity contribution in [3.05, 3.63) is 45.0 Å². The number of carbonyl (C=O) groups excluding carboxylic acids is 1. The predicted molar refractivity (Wildman–Crippen MR) is 78.9 cm³/mol. The van der Waals surface area contributed by atoms with Crippen molar-refractivity contribution < 1.29 is 31.3 Å². The number of nitrogens with one attached hydrogen (secondary N) is 1. The molecule has 0 bridgehead atoms. The lowest BCUT2D eigenvalue weighted by Gasteiger charge is -2.14. The lowest BCUT2D eigenvalue weighted by Crippen LogP contribution is -2.30. The molecular weight excluding hydrogens is 367 g/mol. The smallest absolute Gasteiger partial charge is 0.381 e. The number of benzene rings is 1. The molecule has 0 fully saturated rings. The molecule has 1 aliphatic heterocycles. The van der Waals surface area contributed by atoms with E-state index in [0.29, 0.717) is 6.20 Å². The van der Waals surface area contributed by atoms with Crippen molar-refractivity contribution >= 4 is 21.4 Å². The van der Waals surface area contributed by atoms with E-state index in [2.05, 4.69) is 0 Å². The van der Waals surface area contributed by atoms with Gasteiger partial charge in [-0.2, -0.15) is 13.2 Å². The Kier molecular flexibility index (Phi) is 4.75. The third-order valence-electron chi connectivity index (χ3n) is 3.33. The average molecular weight is 379 g/mol. The normalized spacial score (nSPS) is 18.6. The van der Waals surface area contributed by atoms with Crippen LogP contribution in [0.3, 0.4) is 0 Å². The van der Waals surface area contributed by atoms with Crippen LogP contribution in [0, 0.1) is 10.1 Å². The summed E-state index contributed by atoms with van der Waals surface area (Å²) in [5.41, 5.74) is -0.360. The van der Waals surface area contributed by atoms with Crippen molar-refractivity contribution in [2.75, 3.05) is 13.6 Å². The van der Waals surface area contributed by atoms with Crippen molar-refractivity contribution in [1.82, 2.24) is 10.2 Å². The van der Waals surface area contributed by atoms with E-state index in [1.165, 1.54) is 7.05 Å². The summed E-state index contributed by atoms with van der Waals surface area (Å²) in [6.07, 6.45) is -4.10. The van der Waals surface area contributed by atoms with Crippen molar-refractivity contribution in [3.8, 4) is 0 Å². The van der Waals surface area contributed by atoms with Crippen molar-refractivity contribution in [1.29, 1.82) is 0 Å². The first-order valence-electron chi connectivity index (χ1n) is 6.71. The fourth-order valence-corrected chi connectivity index (χ4v) is 3.79. The van der Waals surface area contributed by atoms with Crippen LogP contribution >= 0.6 is 0 Å². The summed E-state index contributed by atoms with van der Waals surface area (Å²) in [4.78, 5) is 22.1. The number of rotatable bonds is 3. The standard InChI is InChI=1S/C13H12F3N3O5S/c1-18-6-8-4-9(19(21)22)2-3-10(8)25(23,24)11(12(18)20)5-17-7-13(14,15)16/h2-5,17H,6-7H2,1H3/b11-5+. The minimum absolute atomic E-state index is 0.00395. The highest BCUT2D eigenvalue weighted by Gasteiger charge is 2.36. The molecule has 1 aliphatic rings. The number of non-ortho nitro benzene ring substituents is 1. The van der Waals surface area contributed by atoms with Crippen LogP contribution < -0.4 is 5.32 Å². The Morgan fingerprint density at radius 1 is 1.40 bits per heavy atom. The molecule has 1 aromatic carbocycles. The van der Waals surface area contributed by atoms with E-state index in [4.69, 9.17) is 0 Å². The molecule has 0 aliphatic carbocycles. The number of sulfone groups is 1. The number of amides is 1. The maximum absolute atomic E-state index is 12.6. The topological polar surface area (TPSA) is 110 Å². The van der Waals surface area contributed by atoms with Crippen LogP contribution in [-0.2, 0) is 21.2 Å². The molecule has 1 amide bonds. The maximum atomic E-state index is 12.6. The molecule has 0 unspecified atom stereocenters. The average Bonchev–Trinajstić information content (AvgIpc) is 2.54. The van der Waals surface area contributed by atoms with Crippen LogP contribution in [0.5, 0.6) is 0 Å². The summed E-state index contributed by atoms with van der Waals surface area (Å²) in [6.45, 7) is -1.76. The zero-order chi connectivity index (χ0) is 19.0. The number of alkyl halides is 3. The number of nitro groups is 1. The molecule has 2 rings (SSSR count). The van der Waals surface area contributed by atoms with Crippen LogP contribution in [0.15, 0.2) is 34.2 Å². The second kappa shape index (κ2) is 6.35. The van der Waals surface area contributed by atoms with Crippen LogP contribution in [-0.4, -0.2) is 43.9 Å². The minimum atomic E-state index is -4.60. The van der Waals surface area contributed by atoms with E-state index in [0.717, 1.165) is 23.1 Å². The van der Waals surface area contributed by atoms with E-state index >= 15 is 0 Å². The van der Waals surface area contributed by atoms with Crippen molar-refractivity contribution in [2.24, 2.45) is 0 Å². The third kappa shape index (κ3) is 3.90. The van der Waals surface area contributed by atoms with Gasteiger partial charge >= 0.3 is 6.18 Å². The molecule has 0 spiro atoms. The molecule has 1 N–H and O–H groups in total. The molecule has 12 heteroatoms. The lowest BCUT2D eigenvalue weighted by atomic mass is 10.2. The fraction of sp³-hybridized carbons (Fsp3) is 0.308. The van der Waals surface area contributed by atoms with Gasteiger partial charge in [0, 0.05) is 31.9 Å². The number of halogens is 3. The molecular formula is C13H12F3N3O5S. The molecule has 0 radical (unpaired) electrons. The van der Waals surface area contributed by atoms with Crippen LogP contribution in [0.25, 0.3) is 0 Å². The Morgan fingerprint density at radius 3 is 2.60 bits per heavy atom. The Balaban J connectivity index is 2.54. The van der Waals surface area contributed by atoms with Crippen molar-refractivity contribution in [2.45, 2.75) is 17.6 Å². The molecule has 1 heterocycles. The van der Waals surface area contributed by atoms with Gasteiger partial charge in [0.05, 0.1) is 9.82 Å². The summed E-state index contributed by atoms with van der Waals surface area (Å²) >= 11 is 0. The van der Waals surface area contributed by atoms with Gasteiger partial charge in [-0.25, -0.2) is 8.42 Å². The van der Waals surface area contributed by atoms with Gasteiger partial charge in [0.25, 0.3) is 11.6 Å². The summed E-state index contributed by atoms with van der Waals surface area (Å²) in [5, 5.41) is 12.6. The third-order valence-corrected chi connectivity index (χ3v) is 5.18. The maximum Gasteiger partial charge on any atom is 0.405 e. The van der Waals surface area contributed by atoms with Gasteiger partial charge < -0.3 is 10.2 Å². The fourth-order valence-electron chi connectivity index (χ4n) is 2.21. The second-order valence-corrected chi connectivity index (χ2v) is 7.10. The highest BCUT2D eigenvalue weighted by molar-refractivity contribution is 7.96. The van der Waals surface area contributed by atoms with Gasteiger partial charge in [-0.15, -0.1) is 0 Å². The van der Waals surface area contributed by atoms with Gasteiger partial charge in [0.2, 0.25) is 9.84 Å². The molecule has 0 atom stereocenters. The summed E-state index contributed by atoms with van der Waals surface area (Å²) < 4.78 is 61.9. The van der Waals surface area contributed by atoms with Gasteiger partial charge in [-0.3, -0.25) is 14.9 Å². The molecule has 0 aromatic heterocycles. The number of hydrogen-bond acceptors (Lipinski definition) is 6. The first-order valence-corrected chi connectivity index (χ1v) is 8.20.